The van der Waals surface area contributed by atoms with Crippen LogP contribution in [0.3, 0.4) is 0 Å². The molecule has 0 unspecified atom stereocenters. The second-order valence-corrected chi connectivity index (χ2v) is 2.18. The highest BCUT2D eigenvalue weighted by atomic mass is 19.1. The summed E-state index contributed by atoms with van der Waals surface area (Å²) in [7, 11) is 0. The van der Waals surface area contributed by atoms with Gasteiger partial charge < -0.3 is 20.1 Å². The number of aliphatic hydroxyl groups excluding tert-OH is 3. The number of hydrogen-bond acceptors (Lipinski definition) is 4. The molecule has 1 aliphatic heterocycles. The van der Waals surface area contributed by atoms with Gasteiger partial charge in [0.2, 0.25) is 0 Å². The second-order valence-electron chi connectivity index (χ2n) is 2.18. The molecule has 1 saturated heterocycles. The second kappa shape index (κ2) is 2.79. The quantitative estimate of drug-likeness (QED) is 0.423. The molecule has 0 radical (unpaired) electrons. The molecular formula is C5H9FO4. The number of rotatable bonds is 1. The molecule has 10 heavy (non-hydrogen) atoms. The Kier molecular flexibility index (Phi) is 2.20. The molecule has 1 heterocycles. The van der Waals surface area contributed by atoms with Crippen molar-refractivity contribution < 1.29 is 24.4 Å². The van der Waals surface area contributed by atoms with E-state index in [1.165, 1.54) is 0 Å². The van der Waals surface area contributed by atoms with Gasteiger partial charge in [-0.2, -0.15) is 0 Å². The number of alkyl halides is 1. The maximum Gasteiger partial charge on any atom is 0.189 e. The highest BCUT2D eigenvalue weighted by Gasteiger charge is 2.42. The summed E-state index contributed by atoms with van der Waals surface area (Å²) in [5.41, 5.74) is 0. The fourth-order valence-corrected chi connectivity index (χ4v) is 0.859. The maximum absolute atomic E-state index is 12.4. The molecule has 60 valence electrons. The summed E-state index contributed by atoms with van der Waals surface area (Å²) in [6, 6.07) is 0. The van der Waals surface area contributed by atoms with Gasteiger partial charge in [0.25, 0.3) is 0 Å². The third-order valence-electron chi connectivity index (χ3n) is 1.47. The van der Waals surface area contributed by atoms with E-state index in [4.69, 9.17) is 15.3 Å². The van der Waals surface area contributed by atoms with Gasteiger partial charge in [0.05, 0.1) is 6.61 Å². The number of halogens is 1. The molecule has 1 rings (SSSR count). The maximum atomic E-state index is 12.4. The normalized spacial score (nSPS) is 48.0. The molecule has 0 aromatic carbocycles. The lowest BCUT2D eigenvalue weighted by Gasteiger charge is -2.08. The SMILES string of the molecule is OC[C@H]1O[C@@H](O)[C@@H](F)[C@@H]1O. The third kappa shape index (κ3) is 1.13. The Morgan fingerprint density at radius 1 is 1.40 bits per heavy atom. The molecule has 0 aromatic heterocycles. The van der Waals surface area contributed by atoms with Gasteiger partial charge in [-0.25, -0.2) is 4.39 Å². The summed E-state index contributed by atoms with van der Waals surface area (Å²) in [5.74, 6) is 0. The average molecular weight is 152 g/mol. The van der Waals surface area contributed by atoms with Crippen molar-refractivity contribution in [2.24, 2.45) is 0 Å². The minimum Gasteiger partial charge on any atom is -0.394 e. The largest absolute Gasteiger partial charge is 0.394 e. The van der Waals surface area contributed by atoms with Gasteiger partial charge >= 0.3 is 0 Å². The zero-order valence-electron chi connectivity index (χ0n) is 5.14. The minimum atomic E-state index is -1.81. The van der Waals surface area contributed by atoms with E-state index in [-0.39, 0.29) is 0 Å². The van der Waals surface area contributed by atoms with Gasteiger partial charge in [-0.3, -0.25) is 0 Å². The predicted molar refractivity (Wildman–Crippen MR) is 28.9 cm³/mol. The summed E-state index contributed by atoms with van der Waals surface area (Å²) in [6.45, 7) is -0.487. The molecule has 0 spiro atoms. The van der Waals surface area contributed by atoms with Crippen LogP contribution in [0.2, 0.25) is 0 Å². The van der Waals surface area contributed by atoms with Crippen molar-refractivity contribution >= 4 is 0 Å². The summed E-state index contributed by atoms with van der Waals surface area (Å²) in [4.78, 5) is 0. The number of hydrogen-bond donors (Lipinski definition) is 3. The van der Waals surface area contributed by atoms with Crippen LogP contribution < -0.4 is 0 Å². The Labute approximate surface area is 56.9 Å². The molecule has 4 nitrogen and oxygen atoms in total. The van der Waals surface area contributed by atoms with Crippen LogP contribution in [0, 0.1) is 0 Å². The van der Waals surface area contributed by atoms with E-state index in [0.717, 1.165) is 0 Å². The molecule has 4 atom stereocenters. The van der Waals surface area contributed by atoms with Crippen molar-refractivity contribution in [1.82, 2.24) is 0 Å². The Bertz CT molecular complexity index is 120. The molecule has 1 aliphatic rings. The molecule has 0 aliphatic carbocycles. The lowest BCUT2D eigenvalue weighted by molar-refractivity contribution is -0.121. The van der Waals surface area contributed by atoms with Gasteiger partial charge in [-0.15, -0.1) is 0 Å². The summed E-state index contributed by atoms with van der Waals surface area (Å²) < 4.78 is 16.8. The molecule has 1 fully saturated rings. The van der Waals surface area contributed by atoms with Crippen LogP contribution in [0.5, 0.6) is 0 Å². The zero-order chi connectivity index (χ0) is 7.72. The monoisotopic (exact) mass is 152 g/mol. The van der Waals surface area contributed by atoms with Gasteiger partial charge in [0.15, 0.2) is 12.5 Å². The molecule has 5 heteroatoms. The average Bonchev–Trinajstić information content (AvgIpc) is 2.17. The van der Waals surface area contributed by atoms with Crippen LogP contribution in [-0.2, 0) is 4.74 Å². The van der Waals surface area contributed by atoms with E-state index >= 15 is 0 Å². The van der Waals surface area contributed by atoms with E-state index in [1.54, 1.807) is 0 Å². The lowest BCUT2D eigenvalue weighted by atomic mass is 10.2. The molecule has 0 saturated carbocycles. The van der Waals surface area contributed by atoms with Crippen molar-refractivity contribution in [1.29, 1.82) is 0 Å². The molecular weight excluding hydrogens is 143 g/mol. The van der Waals surface area contributed by atoms with Gasteiger partial charge in [0.1, 0.15) is 12.2 Å². The highest BCUT2D eigenvalue weighted by molar-refractivity contribution is 4.85. The van der Waals surface area contributed by atoms with Gasteiger partial charge in [0, 0.05) is 0 Å². The Morgan fingerprint density at radius 2 is 2.00 bits per heavy atom. The summed E-state index contributed by atoms with van der Waals surface area (Å²) >= 11 is 0. The number of aliphatic hydroxyl groups is 3. The Hall–Kier alpha value is -0.230. The highest BCUT2D eigenvalue weighted by Crippen LogP contribution is 2.21. The first-order valence-corrected chi connectivity index (χ1v) is 2.93. The first-order valence-electron chi connectivity index (χ1n) is 2.93. The number of ether oxygens (including phenoxy) is 1. The minimum absolute atomic E-state index is 0.487. The summed E-state index contributed by atoms with van der Waals surface area (Å²) in [5, 5.41) is 25.8. The van der Waals surface area contributed by atoms with Gasteiger partial charge in [-0.05, 0) is 0 Å². The zero-order valence-corrected chi connectivity index (χ0v) is 5.14. The van der Waals surface area contributed by atoms with E-state index in [2.05, 4.69) is 4.74 Å². The van der Waals surface area contributed by atoms with E-state index < -0.39 is 31.3 Å². The van der Waals surface area contributed by atoms with Crippen LogP contribution in [-0.4, -0.2) is 46.6 Å². The predicted octanol–water partition coefficient (Wildman–Crippen LogP) is -1.61. The molecule has 0 amide bonds. The smallest absolute Gasteiger partial charge is 0.189 e. The first kappa shape index (κ1) is 7.87. The van der Waals surface area contributed by atoms with Crippen molar-refractivity contribution in [2.45, 2.75) is 24.7 Å². The van der Waals surface area contributed by atoms with Crippen LogP contribution in [0.1, 0.15) is 0 Å². The first-order chi connectivity index (χ1) is 4.66. The van der Waals surface area contributed by atoms with Crippen molar-refractivity contribution in [2.75, 3.05) is 6.61 Å². The van der Waals surface area contributed by atoms with Crippen LogP contribution >= 0.6 is 0 Å². The van der Waals surface area contributed by atoms with Gasteiger partial charge in [-0.1, -0.05) is 0 Å². The molecule has 0 bridgehead atoms. The molecule has 3 N–H and O–H groups in total. The van der Waals surface area contributed by atoms with Crippen LogP contribution in [0.25, 0.3) is 0 Å². The van der Waals surface area contributed by atoms with E-state index in [1.807, 2.05) is 0 Å². The third-order valence-corrected chi connectivity index (χ3v) is 1.47. The molecule has 0 aromatic rings. The standard InChI is InChI=1S/C5H9FO4/c6-3-4(8)2(1-7)10-5(3)9/h2-5,7-9H,1H2/t2-,3+,4-,5-/m1/s1. The fraction of sp³-hybridized carbons (Fsp3) is 1.00. The van der Waals surface area contributed by atoms with Crippen molar-refractivity contribution in [3.63, 3.8) is 0 Å². The van der Waals surface area contributed by atoms with Crippen LogP contribution in [0.4, 0.5) is 4.39 Å². The Balaban J connectivity index is 2.53. The van der Waals surface area contributed by atoms with Crippen molar-refractivity contribution in [3.05, 3.63) is 0 Å². The van der Waals surface area contributed by atoms with Crippen molar-refractivity contribution in [3.8, 4) is 0 Å². The lowest BCUT2D eigenvalue weighted by Crippen LogP contribution is -2.30. The Morgan fingerprint density at radius 3 is 2.20 bits per heavy atom. The van der Waals surface area contributed by atoms with E-state index in [0.29, 0.717) is 0 Å². The van der Waals surface area contributed by atoms with Crippen LogP contribution in [0.15, 0.2) is 0 Å². The fourth-order valence-electron chi connectivity index (χ4n) is 0.859. The van der Waals surface area contributed by atoms with E-state index in [9.17, 15) is 4.39 Å². The summed E-state index contributed by atoms with van der Waals surface area (Å²) in [6.07, 6.45) is -5.82. The topological polar surface area (TPSA) is 69.9 Å².